The Hall–Kier alpha value is -0.870. The summed E-state index contributed by atoms with van der Waals surface area (Å²) in [5.74, 6) is -0.143. The number of hydrogen-bond acceptors (Lipinski definition) is 3. The lowest BCUT2D eigenvalue weighted by Gasteiger charge is -2.40. The summed E-state index contributed by atoms with van der Waals surface area (Å²) in [5, 5.41) is 3.49. The summed E-state index contributed by atoms with van der Waals surface area (Å²) in [6.45, 7) is 0.693. The quantitative estimate of drug-likeness (QED) is 0.836. The molecular formula is C13H17ClN2OS. The Balaban J connectivity index is 2.01. The van der Waals surface area contributed by atoms with Crippen LogP contribution in [0.4, 0.5) is 5.69 Å². The van der Waals surface area contributed by atoms with Crippen molar-refractivity contribution in [1.29, 1.82) is 0 Å². The number of anilines is 1. The summed E-state index contributed by atoms with van der Waals surface area (Å²) < 4.78 is 0.225. The first-order valence-electron chi connectivity index (χ1n) is 5.95. The van der Waals surface area contributed by atoms with Gasteiger partial charge in [0.2, 0.25) is 0 Å². The van der Waals surface area contributed by atoms with E-state index < -0.39 is 0 Å². The highest BCUT2D eigenvalue weighted by Crippen LogP contribution is 2.42. The summed E-state index contributed by atoms with van der Waals surface area (Å²) >= 11 is 7.71. The van der Waals surface area contributed by atoms with Gasteiger partial charge in [0.25, 0.3) is 5.91 Å². The van der Waals surface area contributed by atoms with Gasteiger partial charge in [-0.2, -0.15) is 11.8 Å². The predicted octanol–water partition coefficient (Wildman–Crippen LogP) is 2.94. The first-order chi connectivity index (χ1) is 8.56. The number of carbonyl (C=O) groups excluding carboxylic acids is 1. The molecule has 0 aliphatic heterocycles. The molecule has 1 aromatic carbocycles. The minimum atomic E-state index is -0.143. The van der Waals surface area contributed by atoms with Crippen molar-refractivity contribution >= 4 is 35.0 Å². The van der Waals surface area contributed by atoms with Gasteiger partial charge in [-0.1, -0.05) is 18.0 Å². The number of benzene rings is 1. The van der Waals surface area contributed by atoms with Gasteiger partial charge >= 0.3 is 0 Å². The second-order valence-electron chi connectivity index (χ2n) is 4.65. The van der Waals surface area contributed by atoms with Crippen molar-refractivity contribution in [3.8, 4) is 0 Å². The van der Waals surface area contributed by atoms with Gasteiger partial charge in [0.1, 0.15) is 0 Å². The van der Waals surface area contributed by atoms with E-state index in [9.17, 15) is 4.79 Å². The Labute approximate surface area is 116 Å². The number of nitrogens with one attached hydrogen (secondary N) is 1. The molecule has 0 unspecified atom stereocenters. The molecule has 1 aliphatic carbocycles. The van der Waals surface area contributed by atoms with E-state index >= 15 is 0 Å². The Morgan fingerprint density at radius 1 is 1.56 bits per heavy atom. The van der Waals surface area contributed by atoms with Gasteiger partial charge in [-0.25, -0.2) is 0 Å². The molecule has 0 heterocycles. The standard InChI is InChI=1S/C13H17ClN2OS/c1-18-13(5-2-6-13)8-16-12(17)10-7-9(14)3-4-11(10)15/h3-4,7H,2,5-6,8,15H2,1H3,(H,16,17). The molecule has 0 aromatic heterocycles. The molecule has 1 aliphatic rings. The number of rotatable bonds is 4. The van der Waals surface area contributed by atoms with E-state index in [1.807, 2.05) is 11.8 Å². The summed E-state index contributed by atoms with van der Waals surface area (Å²) in [4.78, 5) is 12.1. The maximum absolute atomic E-state index is 12.1. The van der Waals surface area contributed by atoms with Crippen LogP contribution < -0.4 is 11.1 Å². The fraction of sp³-hybridized carbons (Fsp3) is 0.462. The number of hydrogen-bond donors (Lipinski definition) is 2. The zero-order chi connectivity index (χ0) is 13.2. The van der Waals surface area contributed by atoms with E-state index in [4.69, 9.17) is 17.3 Å². The Bertz CT molecular complexity index is 455. The van der Waals surface area contributed by atoms with Gasteiger partial charge in [-0.15, -0.1) is 0 Å². The monoisotopic (exact) mass is 284 g/mol. The van der Waals surface area contributed by atoms with E-state index in [0.717, 1.165) is 0 Å². The van der Waals surface area contributed by atoms with Crippen molar-refractivity contribution in [2.24, 2.45) is 0 Å². The second-order valence-corrected chi connectivity index (χ2v) is 6.37. The SMILES string of the molecule is CSC1(CNC(=O)c2cc(Cl)ccc2N)CCC1. The van der Waals surface area contributed by atoms with Gasteiger partial charge in [0.05, 0.1) is 5.56 Å². The molecule has 18 heavy (non-hydrogen) atoms. The third-order valence-corrected chi connectivity index (χ3v) is 5.18. The number of carbonyl (C=O) groups is 1. The zero-order valence-corrected chi connectivity index (χ0v) is 11.9. The summed E-state index contributed by atoms with van der Waals surface area (Å²) in [5.41, 5.74) is 6.70. The number of nitrogens with two attached hydrogens (primary N) is 1. The van der Waals surface area contributed by atoms with Crippen molar-refractivity contribution in [2.45, 2.75) is 24.0 Å². The van der Waals surface area contributed by atoms with Gasteiger partial charge in [0.15, 0.2) is 0 Å². The van der Waals surface area contributed by atoms with Crippen molar-refractivity contribution in [2.75, 3.05) is 18.5 Å². The Kier molecular flexibility index (Phi) is 4.07. The van der Waals surface area contributed by atoms with E-state index in [2.05, 4.69) is 11.6 Å². The Morgan fingerprint density at radius 2 is 2.28 bits per heavy atom. The normalized spacial score (nSPS) is 17.0. The van der Waals surface area contributed by atoms with Crippen molar-refractivity contribution < 1.29 is 4.79 Å². The van der Waals surface area contributed by atoms with Crippen LogP contribution in [-0.2, 0) is 0 Å². The lowest BCUT2D eigenvalue weighted by molar-refractivity contribution is 0.0945. The average Bonchev–Trinajstić information content (AvgIpc) is 2.31. The third-order valence-electron chi connectivity index (χ3n) is 3.53. The van der Waals surface area contributed by atoms with Gasteiger partial charge in [-0.3, -0.25) is 4.79 Å². The average molecular weight is 285 g/mol. The molecule has 3 N–H and O–H groups in total. The van der Waals surface area contributed by atoms with Gasteiger partial charge in [-0.05, 0) is 37.3 Å². The third kappa shape index (κ3) is 2.75. The zero-order valence-electron chi connectivity index (χ0n) is 10.3. The largest absolute Gasteiger partial charge is 0.398 e. The maximum atomic E-state index is 12.1. The van der Waals surface area contributed by atoms with Gasteiger partial charge < -0.3 is 11.1 Å². The molecule has 0 saturated heterocycles. The molecule has 1 saturated carbocycles. The predicted molar refractivity (Wildman–Crippen MR) is 78.3 cm³/mol. The molecule has 0 radical (unpaired) electrons. The fourth-order valence-corrected chi connectivity index (χ4v) is 3.17. The molecule has 0 spiro atoms. The van der Waals surface area contributed by atoms with Crippen LogP contribution in [0.25, 0.3) is 0 Å². The van der Waals surface area contributed by atoms with Crippen molar-refractivity contribution in [1.82, 2.24) is 5.32 Å². The maximum Gasteiger partial charge on any atom is 0.253 e. The first-order valence-corrected chi connectivity index (χ1v) is 7.55. The molecule has 5 heteroatoms. The van der Waals surface area contributed by atoms with Crippen LogP contribution in [0.15, 0.2) is 18.2 Å². The van der Waals surface area contributed by atoms with Crippen molar-refractivity contribution in [3.63, 3.8) is 0 Å². The van der Waals surface area contributed by atoms with Crippen LogP contribution in [0.3, 0.4) is 0 Å². The molecule has 0 bridgehead atoms. The van der Waals surface area contributed by atoms with E-state index in [1.54, 1.807) is 18.2 Å². The topological polar surface area (TPSA) is 55.1 Å². The van der Waals surface area contributed by atoms with E-state index in [1.165, 1.54) is 19.3 Å². The van der Waals surface area contributed by atoms with Crippen LogP contribution >= 0.6 is 23.4 Å². The minimum absolute atomic E-state index is 0.143. The van der Waals surface area contributed by atoms with Crippen LogP contribution in [0.2, 0.25) is 5.02 Å². The highest BCUT2D eigenvalue weighted by molar-refractivity contribution is 8.00. The molecule has 98 valence electrons. The molecule has 1 fully saturated rings. The van der Waals surface area contributed by atoms with Crippen molar-refractivity contribution in [3.05, 3.63) is 28.8 Å². The summed E-state index contributed by atoms with van der Waals surface area (Å²) in [7, 11) is 0. The van der Waals surface area contributed by atoms with Crippen LogP contribution in [0.5, 0.6) is 0 Å². The number of nitrogen functional groups attached to an aromatic ring is 1. The molecule has 3 nitrogen and oxygen atoms in total. The van der Waals surface area contributed by atoms with Crippen LogP contribution in [0, 0.1) is 0 Å². The van der Waals surface area contributed by atoms with E-state index in [-0.39, 0.29) is 10.7 Å². The molecule has 2 rings (SSSR count). The molecule has 1 aromatic rings. The smallest absolute Gasteiger partial charge is 0.253 e. The highest BCUT2D eigenvalue weighted by atomic mass is 35.5. The lowest BCUT2D eigenvalue weighted by Crippen LogP contribution is -2.45. The lowest BCUT2D eigenvalue weighted by atomic mass is 9.84. The van der Waals surface area contributed by atoms with Crippen LogP contribution in [0.1, 0.15) is 29.6 Å². The van der Waals surface area contributed by atoms with Crippen LogP contribution in [-0.4, -0.2) is 23.5 Å². The van der Waals surface area contributed by atoms with E-state index in [0.29, 0.717) is 22.8 Å². The van der Waals surface area contributed by atoms with Gasteiger partial charge in [0, 0.05) is 22.0 Å². The number of halogens is 1. The number of thioether (sulfide) groups is 1. The molecule has 1 amide bonds. The molecule has 0 atom stereocenters. The summed E-state index contributed by atoms with van der Waals surface area (Å²) in [6, 6.07) is 4.95. The fourth-order valence-electron chi connectivity index (χ4n) is 2.09. The Morgan fingerprint density at radius 3 is 2.83 bits per heavy atom. The molecular weight excluding hydrogens is 268 g/mol. The highest BCUT2D eigenvalue weighted by Gasteiger charge is 2.36. The summed E-state index contributed by atoms with van der Waals surface area (Å²) in [6.07, 6.45) is 5.67. The number of amides is 1. The first kappa shape index (κ1) is 13.6. The minimum Gasteiger partial charge on any atom is -0.398 e. The second kappa shape index (κ2) is 5.41.